The summed E-state index contributed by atoms with van der Waals surface area (Å²) >= 11 is 9.26. The van der Waals surface area contributed by atoms with Crippen molar-refractivity contribution in [2.24, 2.45) is 0 Å². The van der Waals surface area contributed by atoms with Gasteiger partial charge in [-0.3, -0.25) is 0 Å². The lowest BCUT2D eigenvalue weighted by molar-refractivity contribution is 0.584. The molecule has 2 aromatic rings. The summed E-state index contributed by atoms with van der Waals surface area (Å²) in [6.07, 6.45) is 0. The van der Waals surface area contributed by atoms with E-state index in [-0.39, 0.29) is 10.2 Å². The van der Waals surface area contributed by atoms with E-state index in [4.69, 9.17) is 0 Å². The minimum absolute atomic E-state index is 0.157. The van der Waals surface area contributed by atoms with Crippen LogP contribution in [0.25, 0.3) is 0 Å². The molecule has 1 atom stereocenters. The van der Waals surface area contributed by atoms with Gasteiger partial charge in [0.1, 0.15) is 0 Å². The number of alkyl halides is 1. The zero-order valence-corrected chi connectivity index (χ0v) is 15.6. The van der Waals surface area contributed by atoms with E-state index in [9.17, 15) is 0 Å². The van der Waals surface area contributed by atoms with Gasteiger partial charge in [0.2, 0.25) is 0 Å². The van der Waals surface area contributed by atoms with Crippen molar-refractivity contribution in [3.8, 4) is 0 Å². The van der Waals surface area contributed by atoms with Gasteiger partial charge in [-0.05, 0) is 51.0 Å². The van der Waals surface area contributed by atoms with Crippen molar-refractivity contribution in [3.63, 3.8) is 0 Å². The molecule has 0 nitrogen and oxygen atoms in total. The van der Waals surface area contributed by atoms with E-state index >= 15 is 0 Å². The number of hydrogen-bond acceptors (Lipinski definition) is 1. The summed E-state index contributed by atoms with van der Waals surface area (Å²) in [7, 11) is 0. The van der Waals surface area contributed by atoms with Gasteiger partial charge in [-0.1, -0.05) is 61.0 Å². The third-order valence-electron chi connectivity index (χ3n) is 3.24. The molecule has 0 amide bonds. The minimum atomic E-state index is 0.157. The second kappa shape index (κ2) is 5.71. The predicted octanol–water partition coefficient (Wildman–Crippen LogP) is 6.60. The van der Waals surface area contributed by atoms with Crippen LogP contribution >= 0.6 is 43.2 Å². The van der Waals surface area contributed by atoms with Crippen molar-refractivity contribution >= 4 is 43.2 Å². The highest BCUT2D eigenvalue weighted by Crippen LogP contribution is 2.41. The quantitative estimate of drug-likeness (QED) is 0.497. The lowest BCUT2D eigenvalue weighted by Crippen LogP contribution is -2.15. The Hall–Kier alpha value is -0.120. The van der Waals surface area contributed by atoms with Crippen molar-refractivity contribution < 1.29 is 0 Å². The highest BCUT2D eigenvalue weighted by Gasteiger charge is 2.23. The molecule has 1 aromatic carbocycles. The maximum atomic E-state index is 3.89. The molecular weight excluding hydrogens is 384 g/mol. The first kappa shape index (κ1) is 15.3. The van der Waals surface area contributed by atoms with E-state index in [0.717, 1.165) is 0 Å². The zero-order valence-electron chi connectivity index (χ0n) is 11.6. The Balaban J connectivity index is 2.50. The summed E-state index contributed by atoms with van der Waals surface area (Å²) in [6, 6.07) is 10.9. The van der Waals surface area contributed by atoms with Crippen LogP contribution in [-0.2, 0) is 5.41 Å². The first-order valence-electron chi connectivity index (χ1n) is 6.30. The molecule has 0 saturated carbocycles. The van der Waals surface area contributed by atoms with Gasteiger partial charge in [0, 0.05) is 4.88 Å². The lowest BCUT2D eigenvalue weighted by atomic mass is 9.82. The molecular formula is C16H18Br2S. The molecule has 0 radical (unpaired) electrons. The molecule has 0 aliphatic carbocycles. The van der Waals surface area contributed by atoms with Crippen molar-refractivity contribution in [2.75, 3.05) is 0 Å². The molecule has 0 bridgehead atoms. The summed E-state index contributed by atoms with van der Waals surface area (Å²) in [6.45, 7) is 8.98. The van der Waals surface area contributed by atoms with E-state index in [1.165, 1.54) is 25.4 Å². The van der Waals surface area contributed by atoms with Gasteiger partial charge in [-0.25, -0.2) is 0 Å². The molecule has 2 rings (SSSR count). The van der Waals surface area contributed by atoms with Gasteiger partial charge in [0.25, 0.3) is 0 Å². The highest BCUT2D eigenvalue weighted by molar-refractivity contribution is 9.11. The van der Waals surface area contributed by atoms with Gasteiger partial charge in [0.05, 0.1) is 8.61 Å². The Kier molecular flexibility index (Phi) is 4.59. The molecule has 3 heteroatoms. The Morgan fingerprint density at radius 2 is 1.74 bits per heavy atom. The maximum absolute atomic E-state index is 3.89. The molecule has 0 spiro atoms. The fourth-order valence-corrected chi connectivity index (χ4v) is 5.05. The van der Waals surface area contributed by atoms with Gasteiger partial charge < -0.3 is 0 Å². The summed E-state index contributed by atoms with van der Waals surface area (Å²) < 4.78 is 1.19. The summed E-state index contributed by atoms with van der Waals surface area (Å²) in [5.74, 6) is 0. The molecule has 1 unspecified atom stereocenters. The van der Waals surface area contributed by atoms with Crippen molar-refractivity contribution in [1.29, 1.82) is 0 Å². The van der Waals surface area contributed by atoms with Crippen LogP contribution in [0.2, 0.25) is 0 Å². The van der Waals surface area contributed by atoms with E-state index in [1.54, 1.807) is 11.3 Å². The smallest absolute Gasteiger partial charge is 0.0704 e. The molecule has 0 saturated heterocycles. The summed E-state index contributed by atoms with van der Waals surface area (Å²) in [5.41, 5.74) is 4.28. The van der Waals surface area contributed by atoms with E-state index in [1.807, 2.05) is 0 Å². The van der Waals surface area contributed by atoms with Crippen LogP contribution in [0.3, 0.4) is 0 Å². The highest BCUT2D eigenvalue weighted by atomic mass is 79.9. The number of aryl methyl sites for hydroxylation is 1. The average molecular weight is 402 g/mol. The third-order valence-corrected chi connectivity index (χ3v) is 5.80. The second-order valence-corrected chi connectivity index (χ2v) is 9.31. The largest absolute Gasteiger partial charge is 0.133 e. The maximum Gasteiger partial charge on any atom is 0.0704 e. The van der Waals surface area contributed by atoms with Gasteiger partial charge in [-0.2, -0.15) is 0 Å². The number of thiophene rings is 1. The standard InChI is InChI=1S/C16H18Br2S/c1-10-12(9-14(17)19-10)15(18)11-7-5-6-8-13(11)16(2,3)4/h5-9,15H,1-4H3. The second-order valence-electron chi connectivity index (χ2n) is 5.76. The fraction of sp³-hybridized carbons (Fsp3) is 0.375. The molecule has 19 heavy (non-hydrogen) atoms. The van der Waals surface area contributed by atoms with Gasteiger partial charge in [-0.15, -0.1) is 11.3 Å². The zero-order chi connectivity index (χ0) is 14.2. The van der Waals surface area contributed by atoms with Crippen LogP contribution in [0.4, 0.5) is 0 Å². The molecule has 0 N–H and O–H groups in total. The fourth-order valence-electron chi connectivity index (χ4n) is 2.28. The number of hydrogen-bond donors (Lipinski definition) is 0. The van der Waals surface area contributed by atoms with Crippen molar-refractivity contribution in [1.82, 2.24) is 0 Å². The van der Waals surface area contributed by atoms with Crippen molar-refractivity contribution in [2.45, 2.75) is 37.9 Å². The van der Waals surface area contributed by atoms with E-state index in [2.05, 4.69) is 89.9 Å². The number of benzene rings is 1. The first-order chi connectivity index (χ1) is 8.80. The van der Waals surface area contributed by atoms with Crippen LogP contribution in [0, 0.1) is 6.92 Å². The molecule has 0 aliphatic heterocycles. The monoisotopic (exact) mass is 400 g/mol. The average Bonchev–Trinajstić information content (AvgIpc) is 2.66. The van der Waals surface area contributed by atoms with E-state index in [0.29, 0.717) is 0 Å². The Morgan fingerprint density at radius 1 is 1.11 bits per heavy atom. The first-order valence-corrected chi connectivity index (χ1v) is 8.82. The molecule has 0 fully saturated rings. The Labute approximate surface area is 136 Å². The number of halogens is 2. The van der Waals surface area contributed by atoms with Gasteiger partial charge in [0.15, 0.2) is 0 Å². The Morgan fingerprint density at radius 3 is 2.26 bits per heavy atom. The lowest BCUT2D eigenvalue weighted by Gasteiger charge is -2.25. The van der Waals surface area contributed by atoms with Crippen molar-refractivity contribution in [3.05, 3.63) is 55.7 Å². The van der Waals surface area contributed by atoms with E-state index < -0.39 is 0 Å². The summed E-state index contributed by atoms with van der Waals surface area (Å²) in [5, 5.41) is 0. The molecule has 0 aliphatic rings. The van der Waals surface area contributed by atoms with Crippen LogP contribution in [0.1, 0.15) is 47.2 Å². The van der Waals surface area contributed by atoms with Crippen LogP contribution in [-0.4, -0.2) is 0 Å². The van der Waals surface area contributed by atoms with Crippen LogP contribution < -0.4 is 0 Å². The van der Waals surface area contributed by atoms with Crippen LogP contribution in [0.5, 0.6) is 0 Å². The molecule has 1 aromatic heterocycles. The predicted molar refractivity (Wildman–Crippen MR) is 92.7 cm³/mol. The normalized spacial score (nSPS) is 13.6. The number of rotatable bonds is 2. The molecule has 102 valence electrons. The third kappa shape index (κ3) is 3.32. The molecule has 1 heterocycles. The SMILES string of the molecule is Cc1sc(Br)cc1C(Br)c1ccccc1C(C)(C)C. The van der Waals surface area contributed by atoms with Gasteiger partial charge >= 0.3 is 0 Å². The summed E-state index contributed by atoms with van der Waals surface area (Å²) in [4.78, 5) is 1.61. The topological polar surface area (TPSA) is 0 Å². The minimum Gasteiger partial charge on any atom is -0.133 e. The Bertz CT molecular complexity index is 579. The van der Waals surface area contributed by atoms with Crippen LogP contribution in [0.15, 0.2) is 34.1 Å².